The zero-order chi connectivity index (χ0) is 17.0. The van der Waals surface area contributed by atoms with E-state index in [2.05, 4.69) is 30.9 Å². The van der Waals surface area contributed by atoms with Gasteiger partial charge in [-0.2, -0.15) is 0 Å². The lowest BCUT2D eigenvalue weighted by atomic mass is 10.1. The standard InChI is InChI=1S/C18H25N3O2/c1-6-21(7-2)17-13(3)19-18(20(4)12-16(22)23-5)15-11-9-8-10-14(15)17/h8-11H,6-7,12H2,1-5H3. The summed E-state index contributed by atoms with van der Waals surface area (Å²) in [5.41, 5.74) is 2.14. The van der Waals surface area contributed by atoms with Crippen molar-refractivity contribution in [2.75, 3.05) is 43.6 Å². The molecular weight excluding hydrogens is 290 g/mol. The van der Waals surface area contributed by atoms with Crippen molar-refractivity contribution in [1.29, 1.82) is 0 Å². The van der Waals surface area contributed by atoms with Crippen molar-refractivity contribution >= 4 is 28.2 Å². The van der Waals surface area contributed by atoms with E-state index in [4.69, 9.17) is 9.72 Å². The van der Waals surface area contributed by atoms with Crippen molar-refractivity contribution in [2.45, 2.75) is 20.8 Å². The van der Waals surface area contributed by atoms with Crippen LogP contribution >= 0.6 is 0 Å². The number of anilines is 2. The maximum Gasteiger partial charge on any atom is 0.325 e. The van der Waals surface area contributed by atoms with E-state index in [9.17, 15) is 4.79 Å². The molecule has 0 saturated heterocycles. The first-order valence-electron chi connectivity index (χ1n) is 7.95. The SMILES string of the molecule is CCN(CC)c1c(C)nc(N(C)CC(=O)OC)c2ccccc12. The number of aromatic nitrogens is 1. The molecule has 2 rings (SSSR count). The molecule has 124 valence electrons. The fourth-order valence-electron chi connectivity index (χ4n) is 2.91. The van der Waals surface area contributed by atoms with Crippen LogP contribution in [-0.4, -0.2) is 44.7 Å². The summed E-state index contributed by atoms with van der Waals surface area (Å²) in [4.78, 5) is 20.5. The third kappa shape index (κ3) is 3.38. The summed E-state index contributed by atoms with van der Waals surface area (Å²) in [7, 11) is 3.26. The smallest absolute Gasteiger partial charge is 0.325 e. The maximum atomic E-state index is 11.6. The van der Waals surface area contributed by atoms with E-state index in [0.717, 1.165) is 35.4 Å². The van der Waals surface area contributed by atoms with Crippen molar-refractivity contribution in [1.82, 2.24) is 4.98 Å². The second-order valence-corrected chi connectivity index (χ2v) is 5.52. The monoisotopic (exact) mass is 315 g/mol. The normalized spacial score (nSPS) is 10.7. The number of hydrogen-bond donors (Lipinski definition) is 0. The molecule has 0 spiro atoms. The molecule has 0 saturated carbocycles. The fourth-order valence-corrected chi connectivity index (χ4v) is 2.91. The Balaban J connectivity index is 2.61. The quantitative estimate of drug-likeness (QED) is 0.767. The summed E-state index contributed by atoms with van der Waals surface area (Å²) in [6, 6.07) is 8.21. The lowest BCUT2D eigenvalue weighted by Gasteiger charge is -2.27. The Morgan fingerprint density at radius 2 is 1.78 bits per heavy atom. The average Bonchev–Trinajstić information content (AvgIpc) is 2.56. The van der Waals surface area contributed by atoms with E-state index in [1.54, 1.807) is 0 Å². The van der Waals surface area contributed by atoms with Crippen LogP contribution in [-0.2, 0) is 9.53 Å². The number of benzene rings is 1. The van der Waals surface area contributed by atoms with Gasteiger partial charge in [0.25, 0.3) is 0 Å². The predicted octanol–water partition coefficient (Wildman–Crippen LogP) is 3.00. The van der Waals surface area contributed by atoms with Gasteiger partial charge < -0.3 is 14.5 Å². The number of carbonyl (C=O) groups is 1. The summed E-state index contributed by atoms with van der Waals surface area (Å²) in [6.07, 6.45) is 0. The van der Waals surface area contributed by atoms with Gasteiger partial charge in [0.15, 0.2) is 0 Å². The Kier molecular flexibility index (Phi) is 5.42. The van der Waals surface area contributed by atoms with Crippen molar-refractivity contribution in [3.63, 3.8) is 0 Å². The number of carbonyl (C=O) groups excluding carboxylic acids is 1. The zero-order valence-corrected chi connectivity index (χ0v) is 14.6. The Hall–Kier alpha value is -2.30. The molecular formula is C18H25N3O2. The van der Waals surface area contributed by atoms with Gasteiger partial charge in [-0.05, 0) is 20.8 Å². The molecule has 1 aromatic carbocycles. The Labute approximate surface area is 137 Å². The average molecular weight is 315 g/mol. The highest BCUT2D eigenvalue weighted by Crippen LogP contribution is 2.34. The van der Waals surface area contributed by atoms with Gasteiger partial charge in [-0.1, -0.05) is 24.3 Å². The van der Waals surface area contributed by atoms with E-state index in [0.29, 0.717) is 0 Å². The Bertz CT molecular complexity index is 696. The molecule has 0 aliphatic heterocycles. The number of hydrogen-bond acceptors (Lipinski definition) is 5. The van der Waals surface area contributed by atoms with Crippen LogP contribution in [0.15, 0.2) is 24.3 Å². The van der Waals surface area contributed by atoms with Crippen LogP contribution in [0.5, 0.6) is 0 Å². The first-order chi connectivity index (χ1) is 11.0. The third-order valence-corrected chi connectivity index (χ3v) is 4.07. The van der Waals surface area contributed by atoms with Crippen LogP contribution in [0, 0.1) is 6.92 Å². The third-order valence-electron chi connectivity index (χ3n) is 4.07. The Morgan fingerprint density at radius 1 is 1.17 bits per heavy atom. The van der Waals surface area contributed by atoms with Crippen molar-refractivity contribution in [2.24, 2.45) is 0 Å². The van der Waals surface area contributed by atoms with Gasteiger partial charge in [0.05, 0.1) is 18.5 Å². The van der Waals surface area contributed by atoms with E-state index < -0.39 is 0 Å². The highest BCUT2D eigenvalue weighted by Gasteiger charge is 2.18. The lowest BCUT2D eigenvalue weighted by Crippen LogP contribution is -2.28. The second-order valence-electron chi connectivity index (χ2n) is 5.52. The van der Waals surface area contributed by atoms with Gasteiger partial charge >= 0.3 is 5.97 Å². The zero-order valence-electron chi connectivity index (χ0n) is 14.6. The van der Waals surface area contributed by atoms with E-state index >= 15 is 0 Å². The molecule has 5 heteroatoms. The van der Waals surface area contributed by atoms with Crippen LogP contribution < -0.4 is 9.80 Å². The molecule has 0 aliphatic rings. The molecule has 0 bridgehead atoms. The van der Waals surface area contributed by atoms with Crippen molar-refractivity contribution in [3.8, 4) is 0 Å². The number of likely N-dealkylation sites (N-methyl/N-ethyl adjacent to an activating group) is 1. The minimum absolute atomic E-state index is 0.178. The summed E-state index contributed by atoms with van der Waals surface area (Å²) < 4.78 is 4.76. The topological polar surface area (TPSA) is 45.7 Å². The molecule has 23 heavy (non-hydrogen) atoms. The number of esters is 1. The number of aryl methyl sites for hydroxylation is 1. The van der Waals surface area contributed by atoms with Crippen LogP contribution in [0.4, 0.5) is 11.5 Å². The highest BCUT2D eigenvalue weighted by atomic mass is 16.5. The van der Waals surface area contributed by atoms with Crippen LogP contribution in [0.25, 0.3) is 10.8 Å². The number of rotatable bonds is 6. The van der Waals surface area contributed by atoms with Gasteiger partial charge in [-0.15, -0.1) is 0 Å². The molecule has 2 aromatic rings. The molecule has 1 aromatic heterocycles. The van der Waals surface area contributed by atoms with Gasteiger partial charge in [-0.25, -0.2) is 4.98 Å². The number of nitrogens with zero attached hydrogens (tertiary/aromatic N) is 3. The predicted molar refractivity (Wildman–Crippen MR) is 95.3 cm³/mol. The van der Waals surface area contributed by atoms with Gasteiger partial charge in [0.2, 0.25) is 0 Å². The minimum atomic E-state index is -0.274. The first kappa shape index (κ1) is 17.1. The van der Waals surface area contributed by atoms with Crippen molar-refractivity contribution in [3.05, 3.63) is 30.0 Å². The molecule has 1 heterocycles. The summed E-state index contributed by atoms with van der Waals surface area (Å²) in [6.45, 7) is 8.36. The number of methoxy groups -OCH3 is 1. The van der Waals surface area contributed by atoms with Gasteiger partial charge in [0, 0.05) is 30.9 Å². The summed E-state index contributed by atoms with van der Waals surface area (Å²) in [5.74, 6) is 0.531. The number of fused-ring (bicyclic) bond motifs is 1. The molecule has 0 atom stereocenters. The molecule has 0 aliphatic carbocycles. The largest absolute Gasteiger partial charge is 0.468 e. The van der Waals surface area contributed by atoms with E-state index in [1.807, 2.05) is 31.0 Å². The Morgan fingerprint density at radius 3 is 2.35 bits per heavy atom. The molecule has 0 amide bonds. The van der Waals surface area contributed by atoms with Crippen LogP contribution in [0.3, 0.4) is 0 Å². The first-order valence-corrected chi connectivity index (χ1v) is 7.95. The van der Waals surface area contributed by atoms with Crippen LogP contribution in [0.1, 0.15) is 19.5 Å². The maximum absolute atomic E-state index is 11.6. The van der Waals surface area contributed by atoms with E-state index in [-0.39, 0.29) is 12.5 Å². The van der Waals surface area contributed by atoms with Crippen LogP contribution in [0.2, 0.25) is 0 Å². The summed E-state index contributed by atoms with van der Waals surface area (Å²) >= 11 is 0. The minimum Gasteiger partial charge on any atom is -0.468 e. The summed E-state index contributed by atoms with van der Waals surface area (Å²) in [5, 5.41) is 2.21. The van der Waals surface area contributed by atoms with Gasteiger partial charge in [-0.3, -0.25) is 4.79 Å². The lowest BCUT2D eigenvalue weighted by molar-refractivity contribution is -0.138. The molecule has 5 nitrogen and oxygen atoms in total. The number of pyridine rings is 1. The number of ether oxygens (including phenoxy) is 1. The molecule has 0 fully saturated rings. The molecule has 0 unspecified atom stereocenters. The highest BCUT2D eigenvalue weighted by molar-refractivity contribution is 6.02. The second kappa shape index (κ2) is 7.31. The van der Waals surface area contributed by atoms with Gasteiger partial charge in [0.1, 0.15) is 12.4 Å². The molecule has 0 N–H and O–H groups in total. The molecule has 0 radical (unpaired) electrons. The van der Waals surface area contributed by atoms with Crippen molar-refractivity contribution < 1.29 is 9.53 Å². The fraction of sp³-hybridized carbons (Fsp3) is 0.444. The van der Waals surface area contributed by atoms with E-state index in [1.165, 1.54) is 12.8 Å².